The van der Waals surface area contributed by atoms with Crippen molar-refractivity contribution in [2.75, 3.05) is 5.75 Å². The summed E-state index contributed by atoms with van der Waals surface area (Å²) < 4.78 is 4.03. The summed E-state index contributed by atoms with van der Waals surface area (Å²) in [5.74, 6) is 4.95. The molecule has 0 saturated carbocycles. The van der Waals surface area contributed by atoms with Gasteiger partial charge in [0.05, 0.1) is 0 Å². The van der Waals surface area contributed by atoms with Gasteiger partial charge in [0.25, 0.3) is 0 Å². The Labute approximate surface area is 40.2 Å². The van der Waals surface area contributed by atoms with Gasteiger partial charge < -0.3 is 0 Å². The third-order valence-corrected chi connectivity index (χ3v) is 1.86. The summed E-state index contributed by atoms with van der Waals surface area (Å²) in [5, 5.41) is 0. The Kier molecular flexibility index (Phi) is 1.05. The number of hydrogen-bond acceptors (Lipinski definition) is 1. The lowest BCUT2D eigenvalue weighted by molar-refractivity contribution is 1.39. The second-order valence-corrected chi connectivity index (χ2v) is 2.79. The summed E-state index contributed by atoms with van der Waals surface area (Å²) in [6.07, 6.45) is 3.10. The van der Waals surface area contributed by atoms with Crippen LogP contribution in [0.1, 0.15) is 6.42 Å². The van der Waals surface area contributed by atoms with Gasteiger partial charge in [0.15, 0.2) is 0 Å². The molecule has 0 aromatic rings. The van der Waals surface area contributed by atoms with Crippen molar-refractivity contribution < 1.29 is 0 Å². The highest BCUT2D eigenvalue weighted by molar-refractivity contribution is 8.13. The number of hydrogen-bond donors (Lipinski definition) is 0. The van der Waals surface area contributed by atoms with Gasteiger partial charge in [-0.1, -0.05) is 16.5 Å². The smallest absolute Gasteiger partial charge is 0.0128 e. The fourth-order valence-electron chi connectivity index (χ4n) is 0.400. The Hall–Kier alpha value is -0.110. The van der Waals surface area contributed by atoms with Crippen LogP contribution in [0.2, 0.25) is 0 Å². The van der Waals surface area contributed by atoms with Crippen molar-refractivity contribution in [2.45, 2.75) is 6.42 Å². The topological polar surface area (TPSA) is 12.4 Å². The molecule has 1 aliphatic heterocycles. The lowest BCUT2D eigenvalue weighted by Crippen LogP contribution is -1.65. The van der Waals surface area contributed by atoms with Crippen molar-refractivity contribution in [1.29, 1.82) is 0 Å². The Bertz CT molecular complexity index is 95.7. The van der Waals surface area contributed by atoms with Crippen LogP contribution in [-0.2, 0) is 0 Å². The first kappa shape index (κ1) is 4.06. The average molecular weight is 101 g/mol. The zero-order chi connectivity index (χ0) is 4.41. The van der Waals surface area contributed by atoms with Crippen molar-refractivity contribution in [3.8, 4) is 0 Å². The van der Waals surface area contributed by atoms with E-state index in [-0.39, 0.29) is 10.7 Å². The molecule has 1 nitrogen and oxygen atoms in total. The third-order valence-electron chi connectivity index (χ3n) is 0.706. The van der Waals surface area contributed by atoms with Crippen molar-refractivity contribution in [3.05, 3.63) is 0 Å². The Balaban J connectivity index is 2.59. The molecule has 0 aromatic heterocycles. The third kappa shape index (κ3) is 0.684. The van der Waals surface area contributed by atoms with Crippen LogP contribution in [0.15, 0.2) is 4.40 Å². The predicted molar refractivity (Wildman–Crippen MR) is 32.7 cm³/mol. The molecular formula is C4H7NS. The molecule has 1 atom stereocenters. The van der Waals surface area contributed by atoms with Crippen LogP contribution in [-0.4, -0.2) is 17.8 Å². The van der Waals surface area contributed by atoms with E-state index in [2.05, 4.69) is 10.3 Å². The average Bonchev–Trinajstić information content (AvgIpc) is 1.86. The molecule has 0 fully saturated rings. The minimum absolute atomic E-state index is 0.147. The standard InChI is InChI=1S/C4H7NS/c1-6-4-2-3-5-6/h3H,1-2,4H2. The van der Waals surface area contributed by atoms with Crippen LogP contribution in [0.25, 0.3) is 0 Å². The van der Waals surface area contributed by atoms with Crippen LogP contribution in [0.5, 0.6) is 0 Å². The van der Waals surface area contributed by atoms with Gasteiger partial charge in [-0.3, -0.25) is 0 Å². The zero-order valence-corrected chi connectivity index (χ0v) is 4.37. The van der Waals surface area contributed by atoms with Crippen molar-refractivity contribution >= 4 is 22.8 Å². The maximum Gasteiger partial charge on any atom is 0.0128 e. The Morgan fingerprint density at radius 3 is 2.83 bits per heavy atom. The quantitative estimate of drug-likeness (QED) is 0.405. The van der Waals surface area contributed by atoms with Gasteiger partial charge >= 0.3 is 0 Å². The molecule has 0 aliphatic carbocycles. The van der Waals surface area contributed by atoms with Crippen molar-refractivity contribution in [3.63, 3.8) is 0 Å². The van der Waals surface area contributed by atoms with Gasteiger partial charge in [-0.25, -0.2) is 4.40 Å². The lowest BCUT2D eigenvalue weighted by Gasteiger charge is -1.80. The molecule has 0 bridgehead atoms. The Morgan fingerprint density at radius 2 is 2.67 bits per heavy atom. The van der Waals surface area contributed by atoms with Crippen LogP contribution in [0.3, 0.4) is 0 Å². The van der Waals surface area contributed by atoms with Crippen molar-refractivity contribution in [1.82, 2.24) is 0 Å². The maximum atomic E-state index is 4.03. The molecule has 0 saturated heterocycles. The number of nitrogens with zero attached hydrogens (tertiary/aromatic N) is 1. The molecule has 0 spiro atoms. The van der Waals surface area contributed by atoms with E-state index in [9.17, 15) is 0 Å². The van der Waals surface area contributed by atoms with Gasteiger partial charge in [-0.2, -0.15) is 0 Å². The van der Waals surface area contributed by atoms with Gasteiger partial charge in [0, 0.05) is 12.0 Å². The van der Waals surface area contributed by atoms with Gasteiger partial charge in [-0.05, 0) is 6.42 Å². The van der Waals surface area contributed by atoms with E-state index >= 15 is 0 Å². The minimum atomic E-state index is 0.147. The molecular weight excluding hydrogens is 94.1 g/mol. The fraction of sp³-hybridized carbons (Fsp3) is 0.500. The highest BCUT2D eigenvalue weighted by Crippen LogP contribution is 2.16. The van der Waals surface area contributed by atoms with E-state index in [1.54, 1.807) is 0 Å². The highest BCUT2D eigenvalue weighted by Gasteiger charge is 1.91. The molecule has 1 unspecified atom stereocenters. The molecule has 1 aliphatic rings. The summed E-state index contributed by atoms with van der Waals surface area (Å²) >= 11 is 0. The van der Waals surface area contributed by atoms with E-state index in [0.29, 0.717) is 0 Å². The maximum absolute atomic E-state index is 4.03. The normalized spacial score (nSPS) is 31.7. The first-order valence-corrected chi connectivity index (χ1v) is 3.45. The van der Waals surface area contributed by atoms with Crippen LogP contribution in [0, 0.1) is 0 Å². The van der Waals surface area contributed by atoms with Crippen LogP contribution in [0.4, 0.5) is 0 Å². The van der Waals surface area contributed by atoms with Crippen molar-refractivity contribution in [2.24, 2.45) is 4.40 Å². The summed E-state index contributed by atoms with van der Waals surface area (Å²) in [7, 11) is 0.147. The minimum Gasteiger partial charge on any atom is -0.237 e. The Morgan fingerprint density at radius 1 is 1.83 bits per heavy atom. The van der Waals surface area contributed by atoms with Crippen LogP contribution < -0.4 is 0 Å². The van der Waals surface area contributed by atoms with Gasteiger partial charge in [-0.15, -0.1) is 0 Å². The molecule has 0 aromatic carbocycles. The molecule has 0 N–H and O–H groups in total. The SMILES string of the molecule is C=S1CCC=N1. The molecule has 0 amide bonds. The molecule has 2 heteroatoms. The number of rotatable bonds is 0. The van der Waals surface area contributed by atoms with E-state index in [1.807, 2.05) is 6.21 Å². The molecule has 34 valence electrons. The van der Waals surface area contributed by atoms with E-state index in [1.165, 1.54) is 5.75 Å². The van der Waals surface area contributed by atoms with E-state index < -0.39 is 0 Å². The van der Waals surface area contributed by atoms with Gasteiger partial charge in [0.2, 0.25) is 0 Å². The first-order valence-electron chi connectivity index (χ1n) is 1.93. The summed E-state index contributed by atoms with van der Waals surface area (Å²) in [6.45, 7) is 0. The molecule has 1 heterocycles. The summed E-state index contributed by atoms with van der Waals surface area (Å²) in [5.41, 5.74) is 0. The second kappa shape index (κ2) is 1.56. The molecule has 1 rings (SSSR count). The predicted octanol–water partition coefficient (Wildman–Crippen LogP) is 1.08. The van der Waals surface area contributed by atoms with E-state index in [0.717, 1.165) is 6.42 Å². The summed E-state index contributed by atoms with van der Waals surface area (Å²) in [6, 6.07) is 0. The van der Waals surface area contributed by atoms with E-state index in [4.69, 9.17) is 0 Å². The van der Waals surface area contributed by atoms with Gasteiger partial charge in [0.1, 0.15) is 0 Å². The highest BCUT2D eigenvalue weighted by atomic mass is 32.2. The monoisotopic (exact) mass is 101 g/mol. The first-order chi connectivity index (χ1) is 2.89. The summed E-state index contributed by atoms with van der Waals surface area (Å²) in [4.78, 5) is 0. The van der Waals surface area contributed by atoms with Crippen LogP contribution >= 0.6 is 10.7 Å². The fourth-order valence-corrected chi connectivity index (χ4v) is 1.20. The zero-order valence-electron chi connectivity index (χ0n) is 3.55. The molecule has 6 heavy (non-hydrogen) atoms. The lowest BCUT2D eigenvalue weighted by atomic mass is 10.6. The second-order valence-electron chi connectivity index (χ2n) is 1.24. The largest absolute Gasteiger partial charge is 0.237 e. The molecule has 0 radical (unpaired) electrons.